The van der Waals surface area contributed by atoms with E-state index in [-0.39, 0.29) is 0 Å². The molecule has 0 fully saturated rings. The Morgan fingerprint density at radius 2 is 1.60 bits per heavy atom. The van der Waals surface area contributed by atoms with Crippen molar-refractivity contribution in [1.29, 1.82) is 0 Å². The van der Waals surface area contributed by atoms with Gasteiger partial charge in [0.25, 0.3) is 0 Å². The zero-order valence-electron chi connectivity index (χ0n) is 12.6. The molecule has 1 aromatic rings. The standard InChI is InChI=1S/C14H21NO5/c1-6-15(14(16)20-7-2)13-11(18-4)8-10(17-3)9-12(13)19-5/h8-9H,6-7H2,1-5H3. The Morgan fingerprint density at radius 1 is 1.05 bits per heavy atom. The molecule has 0 aliphatic heterocycles. The molecule has 6 nitrogen and oxygen atoms in total. The maximum absolute atomic E-state index is 12.0. The lowest BCUT2D eigenvalue weighted by Crippen LogP contribution is -2.32. The molecule has 0 unspecified atom stereocenters. The highest BCUT2D eigenvalue weighted by Crippen LogP contribution is 2.41. The molecular formula is C14H21NO5. The first-order chi connectivity index (χ1) is 9.62. The molecule has 0 saturated carbocycles. The molecule has 0 heterocycles. The molecule has 1 rings (SSSR count). The summed E-state index contributed by atoms with van der Waals surface area (Å²) in [6.07, 6.45) is -0.447. The lowest BCUT2D eigenvalue weighted by molar-refractivity contribution is 0.159. The third-order valence-corrected chi connectivity index (χ3v) is 2.76. The van der Waals surface area contributed by atoms with E-state index in [0.717, 1.165) is 0 Å². The van der Waals surface area contributed by atoms with Crippen LogP contribution in [0.15, 0.2) is 12.1 Å². The molecule has 0 radical (unpaired) electrons. The van der Waals surface area contributed by atoms with Gasteiger partial charge in [-0.1, -0.05) is 0 Å². The highest BCUT2D eigenvalue weighted by molar-refractivity contribution is 5.92. The zero-order valence-corrected chi connectivity index (χ0v) is 12.6. The molecule has 0 spiro atoms. The number of hydrogen-bond acceptors (Lipinski definition) is 5. The van der Waals surface area contributed by atoms with Gasteiger partial charge in [-0.2, -0.15) is 0 Å². The normalized spacial score (nSPS) is 9.85. The van der Waals surface area contributed by atoms with Crippen LogP contribution >= 0.6 is 0 Å². The third kappa shape index (κ3) is 3.26. The number of anilines is 1. The molecule has 0 aliphatic carbocycles. The minimum Gasteiger partial charge on any atom is -0.496 e. The van der Waals surface area contributed by atoms with E-state index < -0.39 is 6.09 Å². The van der Waals surface area contributed by atoms with Gasteiger partial charge in [0.15, 0.2) is 0 Å². The number of ether oxygens (including phenoxy) is 4. The first kappa shape index (κ1) is 15.9. The average molecular weight is 283 g/mol. The fourth-order valence-electron chi connectivity index (χ4n) is 1.83. The molecule has 1 aromatic carbocycles. The number of amides is 1. The number of nitrogens with zero attached hydrogens (tertiary/aromatic N) is 1. The van der Waals surface area contributed by atoms with E-state index in [1.807, 2.05) is 6.92 Å². The number of rotatable bonds is 6. The number of methoxy groups -OCH3 is 3. The second-order valence-electron chi connectivity index (χ2n) is 3.82. The Bertz CT molecular complexity index is 436. The topological polar surface area (TPSA) is 57.2 Å². The lowest BCUT2D eigenvalue weighted by Gasteiger charge is -2.24. The quantitative estimate of drug-likeness (QED) is 0.803. The molecule has 0 aromatic heterocycles. The summed E-state index contributed by atoms with van der Waals surface area (Å²) in [5, 5.41) is 0. The van der Waals surface area contributed by atoms with Crippen molar-refractivity contribution in [3.63, 3.8) is 0 Å². The van der Waals surface area contributed by atoms with E-state index in [9.17, 15) is 4.79 Å². The van der Waals surface area contributed by atoms with Crippen LogP contribution in [-0.4, -0.2) is 40.6 Å². The van der Waals surface area contributed by atoms with E-state index >= 15 is 0 Å². The van der Waals surface area contributed by atoms with Crippen molar-refractivity contribution in [2.45, 2.75) is 13.8 Å². The molecular weight excluding hydrogens is 262 g/mol. The van der Waals surface area contributed by atoms with Gasteiger partial charge < -0.3 is 18.9 Å². The lowest BCUT2D eigenvalue weighted by atomic mass is 10.2. The van der Waals surface area contributed by atoms with Crippen LogP contribution < -0.4 is 19.1 Å². The van der Waals surface area contributed by atoms with Crippen LogP contribution in [0.4, 0.5) is 10.5 Å². The Hall–Kier alpha value is -2.11. The van der Waals surface area contributed by atoms with Gasteiger partial charge in [-0.05, 0) is 13.8 Å². The fourth-order valence-corrected chi connectivity index (χ4v) is 1.83. The van der Waals surface area contributed by atoms with Crippen LogP contribution in [0.5, 0.6) is 17.2 Å². The van der Waals surface area contributed by atoms with Gasteiger partial charge in [0.05, 0.1) is 27.9 Å². The van der Waals surface area contributed by atoms with Gasteiger partial charge in [-0.15, -0.1) is 0 Å². The smallest absolute Gasteiger partial charge is 0.414 e. The largest absolute Gasteiger partial charge is 0.496 e. The minimum absolute atomic E-state index is 0.302. The van der Waals surface area contributed by atoms with Gasteiger partial charge in [0.2, 0.25) is 0 Å². The van der Waals surface area contributed by atoms with Crippen molar-refractivity contribution in [3.05, 3.63) is 12.1 Å². The van der Waals surface area contributed by atoms with E-state index in [2.05, 4.69) is 0 Å². The summed E-state index contributed by atoms with van der Waals surface area (Å²) in [5.74, 6) is 1.55. The Balaban J connectivity index is 3.35. The Kier molecular flexibility index (Phi) is 5.96. The number of carbonyl (C=O) groups is 1. The van der Waals surface area contributed by atoms with Crippen LogP contribution in [0.2, 0.25) is 0 Å². The maximum Gasteiger partial charge on any atom is 0.414 e. The maximum atomic E-state index is 12.0. The molecule has 0 atom stereocenters. The molecule has 112 valence electrons. The van der Waals surface area contributed by atoms with Gasteiger partial charge in [-0.3, -0.25) is 4.90 Å². The van der Waals surface area contributed by atoms with Crippen LogP contribution in [0.25, 0.3) is 0 Å². The first-order valence-electron chi connectivity index (χ1n) is 6.37. The first-order valence-corrected chi connectivity index (χ1v) is 6.37. The average Bonchev–Trinajstić information content (AvgIpc) is 2.48. The van der Waals surface area contributed by atoms with Crippen molar-refractivity contribution in [2.75, 3.05) is 39.4 Å². The number of benzene rings is 1. The number of carbonyl (C=O) groups excluding carboxylic acids is 1. The van der Waals surface area contributed by atoms with E-state index in [1.165, 1.54) is 19.1 Å². The van der Waals surface area contributed by atoms with Crippen molar-refractivity contribution in [2.24, 2.45) is 0 Å². The summed E-state index contributed by atoms with van der Waals surface area (Å²) < 4.78 is 20.9. The molecule has 0 saturated heterocycles. The van der Waals surface area contributed by atoms with Crippen LogP contribution in [0.1, 0.15) is 13.8 Å². The Morgan fingerprint density at radius 3 is 1.95 bits per heavy atom. The second kappa shape index (κ2) is 7.47. The predicted molar refractivity (Wildman–Crippen MR) is 76.1 cm³/mol. The number of hydrogen-bond donors (Lipinski definition) is 0. The molecule has 1 amide bonds. The fraction of sp³-hybridized carbons (Fsp3) is 0.500. The van der Waals surface area contributed by atoms with Crippen LogP contribution in [-0.2, 0) is 4.74 Å². The minimum atomic E-state index is -0.447. The van der Waals surface area contributed by atoms with Crippen molar-refractivity contribution >= 4 is 11.8 Å². The molecule has 0 bridgehead atoms. The van der Waals surface area contributed by atoms with E-state index in [0.29, 0.717) is 36.1 Å². The van der Waals surface area contributed by atoms with Crippen molar-refractivity contribution < 1.29 is 23.7 Å². The van der Waals surface area contributed by atoms with Crippen molar-refractivity contribution in [3.8, 4) is 17.2 Å². The van der Waals surface area contributed by atoms with Gasteiger partial charge in [-0.25, -0.2) is 4.79 Å². The predicted octanol–water partition coefficient (Wildman–Crippen LogP) is 2.70. The highest BCUT2D eigenvalue weighted by atomic mass is 16.6. The third-order valence-electron chi connectivity index (χ3n) is 2.76. The summed E-state index contributed by atoms with van der Waals surface area (Å²) >= 11 is 0. The summed E-state index contributed by atoms with van der Waals surface area (Å²) in [6.45, 7) is 4.34. The summed E-state index contributed by atoms with van der Waals surface area (Å²) in [5.41, 5.74) is 0.525. The highest BCUT2D eigenvalue weighted by Gasteiger charge is 2.24. The molecule has 0 N–H and O–H groups in total. The molecule has 0 aliphatic rings. The van der Waals surface area contributed by atoms with Crippen LogP contribution in [0, 0.1) is 0 Å². The summed E-state index contributed by atoms with van der Waals surface area (Å²) in [4.78, 5) is 13.5. The van der Waals surface area contributed by atoms with E-state index in [4.69, 9.17) is 18.9 Å². The second-order valence-corrected chi connectivity index (χ2v) is 3.82. The van der Waals surface area contributed by atoms with Gasteiger partial charge >= 0.3 is 6.09 Å². The Labute approximate surface area is 119 Å². The molecule has 6 heteroatoms. The van der Waals surface area contributed by atoms with Crippen LogP contribution in [0.3, 0.4) is 0 Å². The SMILES string of the molecule is CCOC(=O)N(CC)c1c(OC)cc(OC)cc1OC. The van der Waals surface area contributed by atoms with Crippen molar-refractivity contribution in [1.82, 2.24) is 0 Å². The zero-order chi connectivity index (χ0) is 15.1. The summed E-state index contributed by atoms with van der Waals surface area (Å²) in [6, 6.07) is 3.39. The van der Waals surface area contributed by atoms with E-state index in [1.54, 1.807) is 26.2 Å². The monoisotopic (exact) mass is 283 g/mol. The van der Waals surface area contributed by atoms with Gasteiger partial charge in [0, 0.05) is 18.7 Å². The van der Waals surface area contributed by atoms with Gasteiger partial charge in [0.1, 0.15) is 22.9 Å². The summed E-state index contributed by atoms with van der Waals surface area (Å²) in [7, 11) is 4.60. The molecule has 20 heavy (non-hydrogen) atoms.